The zero-order chi connectivity index (χ0) is 18.1. The van der Waals surface area contributed by atoms with Crippen LogP contribution in [0.3, 0.4) is 0 Å². The quantitative estimate of drug-likeness (QED) is 0.844. The highest BCUT2D eigenvalue weighted by Gasteiger charge is 2.41. The number of nitrogens with zero attached hydrogens (tertiary/aromatic N) is 3. The van der Waals surface area contributed by atoms with Crippen LogP contribution in [0.1, 0.15) is 29.9 Å². The van der Waals surface area contributed by atoms with Crippen LogP contribution in [-0.2, 0) is 6.54 Å². The molecule has 5 nitrogen and oxygen atoms in total. The minimum atomic E-state index is -0.247. The van der Waals surface area contributed by atoms with Crippen molar-refractivity contribution in [2.75, 3.05) is 20.2 Å². The van der Waals surface area contributed by atoms with Crippen LogP contribution in [0, 0.1) is 5.82 Å². The van der Waals surface area contributed by atoms with E-state index < -0.39 is 0 Å². The molecule has 0 bridgehead atoms. The molecule has 0 saturated carbocycles. The lowest BCUT2D eigenvalue weighted by Crippen LogP contribution is -2.40. The second-order valence-electron chi connectivity index (χ2n) is 6.98. The first-order valence-electron chi connectivity index (χ1n) is 8.93. The van der Waals surface area contributed by atoms with E-state index in [0.29, 0.717) is 19.6 Å². The fourth-order valence-electron chi connectivity index (χ4n) is 4.11. The molecule has 2 aromatic rings. The van der Waals surface area contributed by atoms with E-state index in [9.17, 15) is 9.18 Å². The van der Waals surface area contributed by atoms with E-state index in [-0.39, 0.29) is 23.8 Å². The Labute approximate surface area is 152 Å². The normalized spacial score (nSPS) is 22.5. The Morgan fingerprint density at radius 3 is 3.04 bits per heavy atom. The Morgan fingerprint density at radius 2 is 2.23 bits per heavy atom. The summed E-state index contributed by atoms with van der Waals surface area (Å²) < 4.78 is 19.3. The fourth-order valence-corrected chi connectivity index (χ4v) is 4.11. The van der Waals surface area contributed by atoms with Gasteiger partial charge in [0.05, 0.1) is 19.3 Å². The lowest BCUT2D eigenvalue weighted by Gasteiger charge is -2.33. The van der Waals surface area contributed by atoms with Gasteiger partial charge in [-0.3, -0.25) is 4.98 Å². The Hall–Kier alpha value is -2.63. The van der Waals surface area contributed by atoms with Crippen LogP contribution in [0.25, 0.3) is 0 Å². The van der Waals surface area contributed by atoms with Crippen molar-refractivity contribution in [3.05, 3.63) is 59.7 Å². The Morgan fingerprint density at radius 1 is 1.35 bits per heavy atom. The molecule has 26 heavy (non-hydrogen) atoms. The topological polar surface area (TPSA) is 45.7 Å². The first kappa shape index (κ1) is 16.8. The number of fused-ring (bicyclic) bond motifs is 1. The summed E-state index contributed by atoms with van der Waals surface area (Å²) >= 11 is 0. The number of benzene rings is 1. The predicted molar refractivity (Wildman–Crippen MR) is 95.5 cm³/mol. The number of halogens is 1. The van der Waals surface area contributed by atoms with Crippen molar-refractivity contribution in [1.29, 1.82) is 0 Å². The SMILES string of the molecule is COc1cccc(CN2C[C@H]3CC(c4ccncc4F)CCN3C2=O)c1. The molecule has 136 valence electrons. The molecule has 2 fully saturated rings. The van der Waals surface area contributed by atoms with Crippen molar-refractivity contribution < 1.29 is 13.9 Å². The first-order chi connectivity index (χ1) is 12.7. The van der Waals surface area contributed by atoms with Crippen molar-refractivity contribution in [2.24, 2.45) is 0 Å². The summed E-state index contributed by atoms with van der Waals surface area (Å²) in [5.41, 5.74) is 1.77. The molecule has 2 saturated heterocycles. The molecule has 0 N–H and O–H groups in total. The minimum Gasteiger partial charge on any atom is -0.497 e. The molecule has 0 aliphatic carbocycles. The van der Waals surface area contributed by atoms with Crippen LogP contribution in [0.15, 0.2) is 42.7 Å². The lowest BCUT2D eigenvalue weighted by molar-refractivity contribution is 0.169. The van der Waals surface area contributed by atoms with Crippen LogP contribution in [0.4, 0.5) is 9.18 Å². The standard InChI is InChI=1S/C20H22FN3O2/c1-26-17-4-2-3-14(9-17)12-23-13-16-10-15(6-8-24(16)20(23)25)18-5-7-22-11-19(18)21/h2-5,7,9,11,15-16H,6,8,10,12-13H2,1H3/t15?,16-/m1/s1. The van der Waals surface area contributed by atoms with Gasteiger partial charge in [0, 0.05) is 25.8 Å². The molecule has 4 rings (SSSR count). The molecule has 2 atom stereocenters. The zero-order valence-corrected chi connectivity index (χ0v) is 14.8. The van der Waals surface area contributed by atoms with Crippen molar-refractivity contribution in [3.63, 3.8) is 0 Å². The van der Waals surface area contributed by atoms with E-state index in [1.165, 1.54) is 6.20 Å². The maximum atomic E-state index is 14.1. The number of piperidine rings is 1. The number of carbonyl (C=O) groups is 1. The van der Waals surface area contributed by atoms with Crippen LogP contribution in [-0.4, -0.2) is 47.1 Å². The van der Waals surface area contributed by atoms with Gasteiger partial charge < -0.3 is 14.5 Å². The van der Waals surface area contributed by atoms with E-state index in [1.54, 1.807) is 19.4 Å². The largest absolute Gasteiger partial charge is 0.497 e. The molecule has 1 unspecified atom stereocenters. The van der Waals surface area contributed by atoms with Gasteiger partial charge in [-0.15, -0.1) is 0 Å². The second-order valence-corrected chi connectivity index (χ2v) is 6.98. The number of rotatable bonds is 4. The number of urea groups is 1. The summed E-state index contributed by atoms with van der Waals surface area (Å²) in [5.74, 6) is 0.687. The molecule has 1 aromatic heterocycles. The number of ether oxygens (including phenoxy) is 1. The molecule has 0 spiro atoms. The average molecular weight is 355 g/mol. The zero-order valence-electron chi connectivity index (χ0n) is 14.8. The van der Waals surface area contributed by atoms with Gasteiger partial charge in [-0.1, -0.05) is 12.1 Å². The number of pyridine rings is 1. The van der Waals surface area contributed by atoms with Gasteiger partial charge in [-0.25, -0.2) is 9.18 Å². The summed E-state index contributed by atoms with van der Waals surface area (Å²) in [7, 11) is 1.64. The molecule has 2 aliphatic heterocycles. The molecular formula is C20H22FN3O2. The number of aromatic nitrogens is 1. The van der Waals surface area contributed by atoms with Crippen molar-refractivity contribution in [3.8, 4) is 5.75 Å². The number of hydrogen-bond donors (Lipinski definition) is 0. The van der Waals surface area contributed by atoms with Crippen LogP contribution in [0.2, 0.25) is 0 Å². The predicted octanol–water partition coefficient (Wildman–Crippen LogP) is 3.41. The first-order valence-corrected chi connectivity index (χ1v) is 8.93. The van der Waals surface area contributed by atoms with E-state index in [1.807, 2.05) is 34.1 Å². The van der Waals surface area contributed by atoms with Crippen molar-refractivity contribution in [1.82, 2.24) is 14.8 Å². The Kier molecular flexibility index (Phi) is 4.49. The van der Waals surface area contributed by atoms with Crippen LogP contribution < -0.4 is 4.74 Å². The summed E-state index contributed by atoms with van der Waals surface area (Å²) in [4.78, 5) is 20.4. The summed E-state index contributed by atoms with van der Waals surface area (Å²) in [5, 5.41) is 0. The number of carbonyl (C=O) groups excluding carboxylic acids is 1. The highest BCUT2D eigenvalue weighted by molar-refractivity contribution is 5.77. The number of methoxy groups -OCH3 is 1. The molecule has 2 amide bonds. The molecule has 6 heteroatoms. The van der Waals surface area contributed by atoms with Gasteiger partial charge in [-0.2, -0.15) is 0 Å². The fraction of sp³-hybridized carbons (Fsp3) is 0.400. The summed E-state index contributed by atoms with van der Waals surface area (Å²) in [6, 6.07) is 9.77. The van der Waals surface area contributed by atoms with E-state index in [0.717, 1.165) is 29.7 Å². The maximum Gasteiger partial charge on any atom is 0.320 e. The van der Waals surface area contributed by atoms with Crippen molar-refractivity contribution in [2.45, 2.75) is 31.3 Å². The Balaban J connectivity index is 1.46. The average Bonchev–Trinajstić information content (AvgIpc) is 2.97. The monoisotopic (exact) mass is 355 g/mol. The Bertz CT molecular complexity index is 813. The van der Waals surface area contributed by atoms with Gasteiger partial charge in [0.2, 0.25) is 0 Å². The molecule has 2 aliphatic rings. The third-order valence-electron chi connectivity index (χ3n) is 5.41. The van der Waals surface area contributed by atoms with Gasteiger partial charge in [0.25, 0.3) is 0 Å². The van der Waals surface area contributed by atoms with Crippen molar-refractivity contribution >= 4 is 6.03 Å². The lowest BCUT2D eigenvalue weighted by atomic mass is 9.86. The number of amides is 2. The second kappa shape index (κ2) is 6.94. The smallest absolute Gasteiger partial charge is 0.320 e. The number of hydrogen-bond acceptors (Lipinski definition) is 3. The maximum absolute atomic E-state index is 14.1. The minimum absolute atomic E-state index is 0.0754. The summed E-state index contributed by atoms with van der Waals surface area (Å²) in [6.07, 6.45) is 4.49. The van der Waals surface area contributed by atoms with Gasteiger partial charge in [0.15, 0.2) is 0 Å². The molecule has 0 radical (unpaired) electrons. The van der Waals surface area contributed by atoms with E-state index in [4.69, 9.17) is 4.74 Å². The van der Waals surface area contributed by atoms with Crippen LogP contribution >= 0.6 is 0 Å². The van der Waals surface area contributed by atoms with Crippen LogP contribution in [0.5, 0.6) is 5.75 Å². The molecular weight excluding hydrogens is 333 g/mol. The van der Waals surface area contributed by atoms with E-state index >= 15 is 0 Å². The highest BCUT2D eigenvalue weighted by atomic mass is 19.1. The van der Waals surface area contributed by atoms with E-state index in [2.05, 4.69) is 4.98 Å². The van der Waals surface area contributed by atoms with Gasteiger partial charge in [-0.05, 0) is 48.1 Å². The highest BCUT2D eigenvalue weighted by Crippen LogP contribution is 2.36. The summed E-state index contributed by atoms with van der Waals surface area (Å²) in [6.45, 7) is 1.92. The van der Waals surface area contributed by atoms with Gasteiger partial charge >= 0.3 is 6.03 Å². The third-order valence-corrected chi connectivity index (χ3v) is 5.41. The molecule has 1 aromatic carbocycles. The molecule has 3 heterocycles. The third kappa shape index (κ3) is 3.11. The van der Waals surface area contributed by atoms with Gasteiger partial charge in [0.1, 0.15) is 11.6 Å².